The minimum Gasteiger partial charge on any atom is -0.475 e. The number of aromatic nitrogens is 1. The molecular weight excluding hydrogens is 487 g/mol. The lowest BCUT2D eigenvalue weighted by molar-refractivity contribution is 0.143. The van der Waals surface area contributed by atoms with Crippen molar-refractivity contribution in [2.75, 3.05) is 33.6 Å². The Morgan fingerprint density at radius 2 is 1.93 bits per heavy atom. The SMILES string of the molecule is CN=C(NCc1ccc(OCCOC)nc1)NCc1ccc(C)cc1SC.I. The molecule has 0 fully saturated rings. The highest BCUT2D eigenvalue weighted by atomic mass is 127. The number of rotatable bonds is 9. The van der Waals surface area contributed by atoms with Gasteiger partial charge in [-0.05, 0) is 35.9 Å². The molecule has 1 aromatic heterocycles. The molecule has 0 aliphatic heterocycles. The van der Waals surface area contributed by atoms with E-state index in [1.54, 1.807) is 32.1 Å². The van der Waals surface area contributed by atoms with Gasteiger partial charge in [-0.1, -0.05) is 18.2 Å². The van der Waals surface area contributed by atoms with E-state index in [1.807, 2.05) is 12.1 Å². The number of thioether (sulfide) groups is 1. The lowest BCUT2D eigenvalue weighted by Gasteiger charge is -2.14. The maximum atomic E-state index is 5.47. The Labute approximate surface area is 188 Å². The van der Waals surface area contributed by atoms with Gasteiger partial charge in [-0.15, -0.1) is 35.7 Å². The van der Waals surface area contributed by atoms with Crippen LogP contribution >= 0.6 is 35.7 Å². The highest BCUT2D eigenvalue weighted by Crippen LogP contribution is 2.21. The quantitative estimate of drug-likeness (QED) is 0.175. The van der Waals surface area contributed by atoms with E-state index in [4.69, 9.17) is 9.47 Å². The maximum absolute atomic E-state index is 5.47. The van der Waals surface area contributed by atoms with E-state index < -0.39 is 0 Å². The van der Waals surface area contributed by atoms with Gasteiger partial charge in [0.25, 0.3) is 0 Å². The third kappa shape index (κ3) is 8.24. The number of ether oxygens (including phenoxy) is 2. The normalized spacial score (nSPS) is 10.9. The largest absolute Gasteiger partial charge is 0.475 e. The van der Waals surface area contributed by atoms with E-state index in [0.717, 1.165) is 18.1 Å². The Balaban J connectivity index is 0.00000392. The second-order valence-corrected chi connectivity index (χ2v) is 6.79. The zero-order valence-electron chi connectivity index (χ0n) is 16.8. The van der Waals surface area contributed by atoms with Crippen molar-refractivity contribution in [2.24, 2.45) is 4.99 Å². The molecule has 1 aromatic carbocycles. The number of nitrogens with zero attached hydrogens (tertiary/aromatic N) is 2. The molecule has 0 amide bonds. The highest BCUT2D eigenvalue weighted by Gasteiger charge is 2.04. The molecule has 0 saturated heterocycles. The average Bonchev–Trinajstić information content (AvgIpc) is 2.70. The van der Waals surface area contributed by atoms with Gasteiger partial charge in [-0.25, -0.2) is 4.98 Å². The van der Waals surface area contributed by atoms with Gasteiger partial charge < -0.3 is 20.1 Å². The first-order valence-corrected chi connectivity index (χ1v) is 10.0. The summed E-state index contributed by atoms with van der Waals surface area (Å²) < 4.78 is 10.4. The molecule has 2 aromatic rings. The van der Waals surface area contributed by atoms with Crippen LogP contribution in [0.1, 0.15) is 16.7 Å². The number of pyridine rings is 1. The van der Waals surface area contributed by atoms with Gasteiger partial charge in [0.15, 0.2) is 5.96 Å². The minimum absolute atomic E-state index is 0. The molecule has 154 valence electrons. The molecule has 0 saturated carbocycles. The Morgan fingerprint density at radius 1 is 1.14 bits per heavy atom. The van der Waals surface area contributed by atoms with Crippen molar-refractivity contribution < 1.29 is 9.47 Å². The first kappa shape index (κ1) is 24.5. The van der Waals surface area contributed by atoms with Crippen molar-refractivity contribution in [1.82, 2.24) is 15.6 Å². The number of nitrogens with one attached hydrogen (secondary N) is 2. The van der Waals surface area contributed by atoms with E-state index in [0.29, 0.717) is 25.6 Å². The molecule has 1 heterocycles. The number of guanidine groups is 1. The van der Waals surface area contributed by atoms with Gasteiger partial charge in [-0.2, -0.15) is 0 Å². The summed E-state index contributed by atoms with van der Waals surface area (Å²) in [6.45, 7) is 4.51. The molecule has 0 unspecified atom stereocenters. The second kappa shape index (κ2) is 13.6. The summed E-state index contributed by atoms with van der Waals surface area (Å²) in [7, 11) is 3.41. The number of hydrogen-bond donors (Lipinski definition) is 2. The van der Waals surface area contributed by atoms with Crippen molar-refractivity contribution in [3.63, 3.8) is 0 Å². The van der Waals surface area contributed by atoms with E-state index in [-0.39, 0.29) is 24.0 Å². The molecule has 0 atom stereocenters. The molecular formula is C20H29IN4O2S. The van der Waals surface area contributed by atoms with Crippen LogP contribution in [0, 0.1) is 6.92 Å². The number of halogens is 1. The summed E-state index contributed by atoms with van der Waals surface area (Å²) in [6.07, 6.45) is 3.90. The van der Waals surface area contributed by atoms with Gasteiger partial charge in [0, 0.05) is 44.4 Å². The molecule has 0 bridgehead atoms. The van der Waals surface area contributed by atoms with Gasteiger partial charge in [0.2, 0.25) is 5.88 Å². The highest BCUT2D eigenvalue weighted by molar-refractivity contribution is 14.0. The van der Waals surface area contributed by atoms with E-state index in [2.05, 4.69) is 52.0 Å². The van der Waals surface area contributed by atoms with Gasteiger partial charge in [0.05, 0.1) is 6.61 Å². The fraction of sp³-hybridized carbons (Fsp3) is 0.400. The third-order valence-electron chi connectivity index (χ3n) is 3.91. The molecule has 0 radical (unpaired) electrons. The first-order chi connectivity index (χ1) is 13.2. The molecule has 8 heteroatoms. The summed E-state index contributed by atoms with van der Waals surface area (Å²) in [6, 6.07) is 10.4. The topological polar surface area (TPSA) is 67.8 Å². The zero-order chi connectivity index (χ0) is 19.5. The second-order valence-electron chi connectivity index (χ2n) is 5.94. The smallest absolute Gasteiger partial charge is 0.213 e. The predicted molar refractivity (Wildman–Crippen MR) is 127 cm³/mol. The van der Waals surface area contributed by atoms with Crippen LogP contribution in [-0.2, 0) is 17.8 Å². The molecule has 2 rings (SSSR count). The number of benzene rings is 1. The van der Waals surface area contributed by atoms with Crippen molar-refractivity contribution in [2.45, 2.75) is 24.9 Å². The first-order valence-electron chi connectivity index (χ1n) is 8.81. The van der Waals surface area contributed by atoms with Gasteiger partial charge in [0.1, 0.15) is 6.61 Å². The van der Waals surface area contributed by atoms with Crippen LogP contribution in [0.25, 0.3) is 0 Å². The Kier molecular flexibility index (Phi) is 11.9. The van der Waals surface area contributed by atoms with Crippen molar-refractivity contribution >= 4 is 41.7 Å². The molecule has 0 aliphatic carbocycles. The van der Waals surface area contributed by atoms with Crippen LogP contribution in [0.3, 0.4) is 0 Å². The van der Waals surface area contributed by atoms with Crippen LogP contribution < -0.4 is 15.4 Å². The van der Waals surface area contributed by atoms with Crippen LogP contribution in [0.4, 0.5) is 0 Å². The summed E-state index contributed by atoms with van der Waals surface area (Å²) in [4.78, 5) is 9.87. The molecule has 2 N–H and O–H groups in total. The number of methoxy groups -OCH3 is 1. The maximum Gasteiger partial charge on any atom is 0.213 e. The van der Waals surface area contributed by atoms with E-state index >= 15 is 0 Å². The molecule has 0 aliphatic rings. The summed E-state index contributed by atoms with van der Waals surface area (Å²) in [5.41, 5.74) is 3.58. The summed E-state index contributed by atoms with van der Waals surface area (Å²) in [5.74, 6) is 1.35. The van der Waals surface area contributed by atoms with Crippen LogP contribution in [0.15, 0.2) is 46.4 Å². The van der Waals surface area contributed by atoms with Crippen molar-refractivity contribution in [1.29, 1.82) is 0 Å². The molecule has 6 nitrogen and oxygen atoms in total. The third-order valence-corrected chi connectivity index (χ3v) is 4.73. The predicted octanol–water partition coefficient (Wildman–Crippen LogP) is 3.62. The fourth-order valence-electron chi connectivity index (χ4n) is 2.41. The number of hydrogen-bond acceptors (Lipinski definition) is 5. The van der Waals surface area contributed by atoms with Gasteiger partial charge in [-0.3, -0.25) is 4.99 Å². The van der Waals surface area contributed by atoms with Crippen LogP contribution in [-0.4, -0.2) is 44.6 Å². The van der Waals surface area contributed by atoms with Crippen LogP contribution in [0.5, 0.6) is 5.88 Å². The molecule has 28 heavy (non-hydrogen) atoms. The lowest BCUT2D eigenvalue weighted by atomic mass is 10.1. The van der Waals surface area contributed by atoms with Gasteiger partial charge >= 0.3 is 0 Å². The number of aliphatic imine (C=N–C) groups is 1. The Bertz CT molecular complexity index is 741. The fourth-order valence-corrected chi connectivity index (χ4v) is 3.12. The summed E-state index contributed by atoms with van der Waals surface area (Å²) in [5, 5.41) is 6.67. The van der Waals surface area contributed by atoms with Crippen LogP contribution in [0.2, 0.25) is 0 Å². The zero-order valence-corrected chi connectivity index (χ0v) is 20.0. The monoisotopic (exact) mass is 516 g/mol. The van der Waals surface area contributed by atoms with E-state index in [1.165, 1.54) is 16.0 Å². The molecule has 0 spiro atoms. The number of aryl methyl sites for hydroxylation is 1. The Morgan fingerprint density at radius 3 is 2.57 bits per heavy atom. The Hall–Kier alpha value is -1.52. The van der Waals surface area contributed by atoms with Crippen molar-refractivity contribution in [3.8, 4) is 5.88 Å². The van der Waals surface area contributed by atoms with E-state index in [9.17, 15) is 0 Å². The standard InChI is InChI=1S/C20H28N4O2S.HI/c1-15-5-7-17(18(11-15)27-4)14-24-20(21-2)23-13-16-6-8-19(22-12-16)26-10-9-25-3;/h5-8,11-12H,9-10,13-14H2,1-4H3,(H2,21,23,24);1H. The lowest BCUT2D eigenvalue weighted by Crippen LogP contribution is -2.36. The average molecular weight is 516 g/mol. The van der Waals surface area contributed by atoms with Crippen molar-refractivity contribution in [3.05, 3.63) is 53.2 Å². The summed E-state index contributed by atoms with van der Waals surface area (Å²) >= 11 is 1.76. The minimum atomic E-state index is 0.